The number of rotatable bonds is 1. The van der Waals surface area contributed by atoms with E-state index >= 15 is 0 Å². The zero-order chi connectivity index (χ0) is 10.1. The molecule has 0 unspecified atom stereocenters. The van der Waals surface area contributed by atoms with E-state index in [-0.39, 0.29) is 0 Å². The van der Waals surface area contributed by atoms with Crippen molar-refractivity contribution in [3.8, 4) is 0 Å². The highest BCUT2D eigenvalue weighted by molar-refractivity contribution is 5.30. The molecule has 0 radical (unpaired) electrons. The van der Waals surface area contributed by atoms with E-state index in [9.17, 15) is 17.6 Å². The van der Waals surface area contributed by atoms with Crippen molar-refractivity contribution in [3.05, 3.63) is 35.1 Å². The van der Waals surface area contributed by atoms with Crippen molar-refractivity contribution in [3.63, 3.8) is 0 Å². The van der Waals surface area contributed by atoms with Gasteiger partial charge in [0.25, 0.3) is 0 Å². The van der Waals surface area contributed by atoms with Gasteiger partial charge in [0.1, 0.15) is 5.82 Å². The largest absolute Gasteiger partial charge is 0.416 e. The Hall–Kier alpha value is -1.10. The summed E-state index contributed by atoms with van der Waals surface area (Å²) in [5.74, 6) is -1.04. The molecule has 0 spiro atoms. The Kier molecular flexibility index (Phi) is 2.56. The Labute approximate surface area is 71.6 Å². The molecule has 0 saturated heterocycles. The van der Waals surface area contributed by atoms with Crippen molar-refractivity contribution in [2.75, 3.05) is 0 Å². The maximum atomic E-state index is 12.7. The van der Waals surface area contributed by atoms with Crippen molar-refractivity contribution in [2.24, 2.45) is 0 Å². The monoisotopic (exact) mass is 194 g/mol. The van der Waals surface area contributed by atoms with E-state index in [1.54, 1.807) is 0 Å². The third-order valence-electron chi connectivity index (χ3n) is 1.58. The minimum atomic E-state index is -4.62. The van der Waals surface area contributed by atoms with Crippen LogP contribution in [0.3, 0.4) is 0 Å². The van der Waals surface area contributed by atoms with Crippen LogP contribution in [0, 0.1) is 5.82 Å². The summed E-state index contributed by atoms with van der Waals surface area (Å²) in [6, 6.07) is 2.56. The number of halogens is 4. The summed E-state index contributed by atoms with van der Waals surface area (Å²) in [7, 11) is 0. The third kappa shape index (κ3) is 1.98. The van der Waals surface area contributed by atoms with Gasteiger partial charge >= 0.3 is 6.18 Å². The molecule has 0 aliphatic rings. The lowest BCUT2D eigenvalue weighted by Crippen LogP contribution is -2.10. The first kappa shape index (κ1) is 9.98. The van der Waals surface area contributed by atoms with Gasteiger partial charge in [0.15, 0.2) is 0 Å². The van der Waals surface area contributed by atoms with Gasteiger partial charge in [-0.2, -0.15) is 13.2 Å². The molecule has 1 aromatic carbocycles. The molecule has 72 valence electrons. The minimum absolute atomic E-state index is 0.713. The highest BCUT2D eigenvalue weighted by Crippen LogP contribution is 2.32. The van der Waals surface area contributed by atoms with Crippen molar-refractivity contribution < 1.29 is 22.7 Å². The molecule has 0 atom stereocenters. The molecule has 1 nitrogen and oxygen atoms in total. The highest BCUT2D eigenvalue weighted by atomic mass is 19.4. The van der Waals surface area contributed by atoms with E-state index < -0.39 is 29.7 Å². The second kappa shape index (κ2) is 3.33. The van der Waals surface area contributed by atoms with Gasteiger partial charge in [-0.25, -0.2) is 4.39 Å². The van der Waals surface area contributed by atoms with E-state index in [0.717, 1.165) is 18.2 Å². The molecule has 0 fully saturated rings. The summed E-state index contributed by atoms with van der Waals surface area (Å²) < 4.78 is 49.1. The number of alkyl halides is 3. The molecule has 1 rings (SSSR count). The average molecular weight is 194 g/mol. The molecular formula is C8H6F4O. The van der Waals surface area contributed by atoms with Crippen LogP contribution in [-0.2, 0) is 12.8 Å². The Morgan fingerprint density at radius 2 is 1.85 bits per heavy atom. The number of hydrogen-bond acceptors (Lipinski definition) is 1. The van der Waals surface area contributed by atoms with Gasteiger partial charge in [-0.1, -0.05) is 6.07 Å². The van der Waals surface area contributed by atoms with Gasteiger partial charge in [-0.3, -0.25) is 0 Å². The fourth-order valence-corrected chi connectivity index (χ4v) is 0.985. The van der Waals surface area contributed by atoms with E-state index in [1.807, 2.05) is 0 Å². The van der Waals surface area contributed by atoms with Crippen LogP contribution in [0.15, 0.2) is 18.2 Å². The summed E-state index contributed by atoms with van der Waals surface area (Å²) >= 11 is 0. The van der Waals surface area contributed by atoms with E-state index in [4.69, 9.17) is 5.11 Å². The third-order valence-corrected chi connectivity index (χ3v) is 1.58. The Balaban J connectivity index is 3.29. The van der Waals surface area contributed by atoms with Crippen LogP contribution in [0.4, 0.5) is 17.6 Å². The van der Waals surface area contributed by atoms with Gasteiger partial charge in [0.05, 0.1) is 12.2 Å². The molecule has 1 N–H and O–H groups in total. The van der Waals surface area contributed by atoms with Crippen LogP contribution < -0.4 is 0 Å². The molecule has 5 heteroatoms. The van der Waals surface area contributed by atoms with E-state index in [2.05, 4.69) is 0 Å². The molecule has 1 aromatic rings. The minimum Gasteiger partial charge on any atom is -0.392 e. The predicted octanol–water partition coefficient (Wildman–Crippen LogP) is 2.34. The van der Waals surface area contributed by atoms with Gasteiger partial charge in [0, 0.05) is 5.56 Å². The highest BCUT2D eigenvalue weighted by Gasteiger charge is 2.33. The summed E-state index contributed by atoms with van der Waals surface area (Å²) in [6.45, 7) is -0.957. The molecule has 13 heavy (non-hydrogen) atoms. The van der Waals surface area contributed by atoms with E-state index in [0.29, 0.717) is 0 Å². The lowest BCUT2D eigenvalue weighted by atomic mass is 10.1. The van der Waals surface area contributed by atoms with Crippen LogP contribution in [0.5, 0.6) is 0 Å². The first-order chi connectivity index (χ1) is 5.96. The fraction of sp³-hybridized carbons (Fsp3) is 0.250. The second-order valence-corrected chi connectivity index (χ2v) is 2.42. The number of aliphatic hydroxyl groups is 1. The summed E-state index contributed by atoms with van der Waals surface area (Å²) in [6.07, 6.45) is -4.62. The van der Waals surface area contributed by atoms with Gasteiger partial charge in [-0.05, 0) is 12.1 Å². The molecule has 0 amide bonds. The molecule has 0 bridgehead atoms. The van der Waals surface area contributed by atoms with Crippen LogP contribution >= 0.6 is 0 Å². The Morgan fingerprint density at radius 1 is 1.23 bits per heavy atom. The number of hydrogen-bond donors (Lipinski definition) is 1. The molecule has 0 heterocycles. The standard InChI is InChI=1S/C8H6F4O/c9-7-3-1-2-6(5(7)4-13)8(10,11)12/h1-3,13H,4H2. The lowest BCUT2D eigenvalue weighted by Gasteiger charge is -2.11. The van der Waals surface area contributed by atoms with E-state index in [1.165, 1.54) is 0 Å². The normalized spacial score (nSPS) is 11.8. The Bertz CT molecular complexity index is 306. The topological polar surface area (TPSA) is 20.2 Å². The van der Waals surface area contributed by atoms with Crippen molar-refractivity contribution >= 4 is 0 Å². The molecule has 0 saturated carbocycles. The first-order valence-electron chi connectivity index (χ1n) is 3.42. The molecule has 0 aliphatic heterocycles. The van der Waals surface area contributed by atoms with Gasteiger partial charge < -0.3 is 5.11 Å². The first-order valence-corrected chi connectivity index (χ1v) is 3.42. The quantitative estimate of drug-likeness (QED) is 0.680. The van der Waals surface area contributed by atoms with Crippen LogP contribution in [-0.4, -0.2) is 5.11 Å². The smallest absolute Gasteiger partial charge is 0.392 e. The Morgan fingerprint density at radius 3 is 2.23 bits per heavy atom. The fourth-order valence-electron chi connectivity index (χ4n) is 0.985. The zero-order valence-electron chi connectivity index (χ0n) is 6.40. The van der Waals surface area contributed by atoms with Gasteiger partial charge in [-0.15, -0.1) is 0 Å². The van der Waals surface area contributed by atoms with Crippen LogP contribution in [0.1, 0.15) is 11.1 Å². The predicted molar refractivity (Wildman–Crippen MR) is 37.3 cm³/mol. The van der Waals surface area contributed by atoms with Gasteiger partial charge in [0.2, 0.25) is 0 Å². The maximum Gasteiger partial charge on any atom is 0.416 e. The number of benzene rings is 1. The molecule has 0 aliphatic carbocycles. The lowest BCUT2D eigenvalue weighted by molar-refractivity contribution is -0.138. The molecule has 0 aromatic heterocycles. The second-order valence-electron chi connectivity index (χ2n) is 2.42. The van der Waals surface area contributed by atoms with Crippen molar-refractivity contribution in [1.29, 1.82) is 0 Å². The summed E-state index contributed by atoms with van der Waals surface area (Å²) in [4.78, 5) is 0. The SMILES string of the molecule is OCc1c(F)cccc1C(F)(F)F. The number of aliphatic hydroxyl groups excluding tert-OH is 1. The van der Waals surface area contributed by atoms with Crippen LogP contribution in [0.25, 0.3) is 0 Å². The van der Waals surface area contributed by atoms with Crippen molar-refractivity contribution in [2.45, 2.75) is 12.8 Å². The van der Waals surface area contributed by atoms with Crippen molar-refractivity contribution in [1.82, 2.24) is 0 Å². The van der Waals surface area contributed by atoms with Crippen LogP contribution in [0.2, 0.25) is 0 Å². The zero-order valence-corrected chi connectivity index (χ0v) is 6.40. The maximum absolute atomic E-state index is 12.7. The average Bonchev–Trinajstić information content (AvgIpc) is 2.02. The summed E-state index contributed by atoms with van der Waals surface area (Å²) in [5, 5.41) is 8.52. The molecular weight excluding hydrogens is 188 g/mol. The summed E-state index contributed by atoms with van der Waals surface area (Å²) in [5.41, 5.74) is -1.84.